The summed E-state index contributed by atoms with van der Waals surface area (Å²) in [6.45, 7) is 3.76. The standard InChI is InChI=1S/C23H24Cl2N2O4.CH4/c1-12-8-16(13-2-3-13)17(22(28)26-12)10-27-6-4-15-18(24)9-19(21(25)20(15)23(27)29)31-14-5-7-30-11-14;/h8-9,13-14H,2-7,10-11H2,1H3,(H,26,28);1H4/t14-;/m1./s1. The van der Waals surface area contributed by atoms with Crippen LogP contribution in [0, 0.1) is 6.92 Å². The number of H-pyrrole nitrogens is 1. The van der Waals surface area contributed by atoms with Crippen LogP contribution >= 0.6 is 23.2 Å². The van der Waals surface area contributed by atoms with Crippen LogP contribution in [-0.2, 0) is 17.7 Å². The van der Waals surface area contributed by atoms with Gasteiger partial charge in [0.1, 0.15) is 11.9 Å². The summed E-state index contributed by atoms with van der Waals surface area (Å²) in [6.07, 6.45) is 3.41. The van der Waals surface area contributed by atoms with Gasteiger partial charge in [-0.05, 0) is 49.3 Å². The van der Waals surface area contributed by atoms with Gasteiger partial charge in [-0.25, -0.2) is 0 Å². The molecule has 1 atom stereocenters. The summed E-state index contributed by atoms with van der Waals surface area (Å²) >= 11 is 13.1. The topological polar surface area (TPSA) is 71.6 Å². The molecule has 6 nitrogen and oxygen atoms in total. The maximum atomic E-state index is 13.4. The van der Waals surface area contributed by atoms with E-state index in [1.807, 2.05) is 13.0 Å². The highest BCUT2D eigenvalue weighted by Crippen LogP contribution is 2.42. The summed E-state index contributed by atoms with van der Waals surface area (Å²) in [5, 5.41) is 0.759. The summed E-state index contributed by atoms with van der Waals surface area (Å²) in [5.41, 5.74) is 3.57. The largest absolute Gasteiger partial charge is 0.486 e. The Labute approximate surface area is 197 Å². The highest BCUT2D eigenvalue weighted by atomic mass is 35.5. The van der Waals surface area contributed by atoms with E-state index in [1.165, 1.54) is 0 Å². The van der Waals surface area contributed by atoms with Crippen LogP contribution in [0.15, 0.2) is 16.9 Å². The number of nitrogens with one attached hydrogen (secondary N) is 1. The third kappa shape index (κ3) is 4.28. The van der Waals surface area contributed by atoms with Gasteiger partial charge in [0.05, 0.1) is 30.3 Å². The number of carbonyl (C=O) groups excluding carboxylic acids is 1. The van der Waals surface area contributed by atoms with Crippen LogP contribution in [0.2, 0.25) is 10.0 Å². The fourth-order valence-electron chi connectivity index (χ4n) is 4.49. The van der Waals surface area contributed by atoms with Gasteiger partial charge in [0, 0.05) is 35.3 Å². The highest BCUT2D eigenvalue weighted by molar-refractivity contribution is 6.38. The van der Waals surface area contributed by atoms with Crippen molar-refractivity contribution in [2.75, 3.05) is 19.8 Å². The number of hydrogen-bond acceptors (Lipinski definition) is 4. The quantitative estimate of drug-likeness (QED) is 0.665. The van der Waals surface area contributed by atoms with E-state index in [0.29, 0.717) is 54.0 Å². The molecule has 0 radical (unpaired) electrons. The van der Waals surface area contributed by atoms with Crippen molar-refractivity contribution >= 4 is 29.1 Å². The van der Waals surface area contributed by atoms with Crippen molar-refractivity contribution in [3.8, 4) is 5.75 Å². The molecule has 1 aromatic carbocycles. The number of carbonyl (C=O) groups is 1. The SMILES string of the molecule is C.Cc1cc(C2CC2)c(CN2CCc3c(Cl)cc(O[C@@H]4CCOC4)c(Cl)c3C2=O)c(=O)[nH]1. The second-order valence-corrected chi connectivity index (χ2v) is 9.38. The van der Waals surface area contributed by atoms with Gasteiger partial charge in [0.25, 0.3) is 11.5 Å². The number of halogens is 2. The summed E-state index contributed by atoms with van der Waals surface area (Å²) in [5.74, 6) is 0.598. The van der Waals surface area contributed by atoms with Gasteiger partial charge in [0.15, 0.2) is 0 Å². The molecule has 172 valence electrons. The van der Waals surface area contributed by atoms with Crippen LogP contribution in [0.4, 0.5) is 0 Å². The molecule has 1 saturated heterocycles. The van der Waals surface area contributed by atoms with Crippen LogP contribution in [0.1, 0.15) is 65.3 Å². The minimum absolute atomic E-state index is 0. The summed E-state index contributed by atoms with van der Waals surface area (Å²) in [7, 11) is 0. The van der Waals surface area contributed by atoms with Gasteiger partial charge in [-0.2, -0.15) is 0 Å². The Hall–Kier alpha value is -2.02. The van der Waals surface area contributed by atoms with Crippen molar-refractivity contribution in [1.82, 2.24) is 9.88 Å². The van der Waals surface area contributed by atoms with Crippen molar-refractivity contribution in [2.45, 2.75) is 58.6 Å². The average molecular weight is 479 g/mol. The molecule has 5 rings (SSSR count). The first-order valence-corrected chi connectivity index (χ1v) is 11.4. The van der Waals surface area contributed by atoms with E-state index >= 15 is 0 Å². The van der Waals surface area contributed by atoms with Crippen molar-refractivity contribution in [3.63, 3.8) is 0 Å². The number of nitrogens with zero attached hydrogens (tertiary/aromatic N) is 1. The zero-order valence-electron chi connectivity index (χ0n) is 17.3. The Bertz CT molecular complexity index is 1100. The zero-order chi connectivity index (χ0) is 21.7. The Balaban J connectivity index is 0.00000245. The maximum Gasteiger partial charge on any atom is 0.256 e. The number of amides is 1. The smallest absolute Gasteiger partial charge is 0.256 e. The van der Waals surface area contributed by atoms with E-state index in [4.69, 9.17) is 32.7 Å². The number of benzene rings is 1. The molecule has 3 heterocycles. The summed E-state index contributed by atoms with van der Waals surface area (Å²) in [4.78, 5) is 30.7. The average Bonchev–Trinajstić information content (AvgIpc) is 3.45. The number of hydrogen-bond donors (Lipinski definition) is 1. The number of aromatic nitrogens is 1. The molecule has 2 fully saturated rings. The van der Waals surface area contributed by atoms with Crippen LogP contribution in [0.25, 0.3) is 0 Å². The Kier molecular flexibility index (Phi) is 6.57. The lowest BCUT2D eigenvalue weighted by molar-refractivity contribution is 0.0725. The molecular formula is C24H28Cl2N2O4. The van der Waals surface area contributed by atoms with Gasteiger partial charge < -0.3 is 19.4 Å². The summed E-state index contributed by atoms with van der Waals surface area (Å²) in [6, 6.07) is 3.73. The summed E-state index contributed by atoms with van der Waals surface area (Å²) < 4.78 is 11.3. The predicted molar refractivity (Wildman–Crippen MR) is 125 cm³/mol. The van der Waals surface area contributed by atoms with Crippen LogP contribution in [0.3, 0.4) is 0 Å². The minimum Gasteiger partial charge on any atom is -0.486 e. The maximum absolute atomic E-state index is 13.4. The number of aryl methyl sites for hydroxylation is 1. The Morgan fingerprint density at radius 1 is 1.22 bits per heavy atom. The van der Waals surface area contributed by atoms with Gasteiger partial charge >= 0.3 is 0 Å². The molecular weight excluding hydrogens is 451 g/mol. The number of rotatable bonds is 5. The lowest BCUT2D eigenvalue weighted by Gasteiger charge is -2.31. The lowest BCUT2D eigenvalue weighted by atomic mass is 9.96. The van der Waals surface area contributed by atoms with Gasteiger partial charge in [-0.1, -0.05) is 30.6 Å². The first kappa shape index (κ1) is 23.1. The third-order valence-corrected chi connectivity index (χ3v) is 6.98. The molecule has 2 aliphatic heterocycles. The van der Waals surface area contributed by atoms with Crippen LogP contribution in [-0.4, -0.2) is 41.7 Å². The van der Waals surface area contributed by atoms with E-state index in [2.05, 4.69) is 4.98 Å². The van der Waals surface area contributed by atoms with E-state index in [1.54, 1.807) is 11.0 Å². The molecule has 8 heteroatoms. The van der Waals surface area contributed by atoms with Gasteiger partial charge in [-0.3, -0.25) is 9.59 Å². The molecule has 1 N–H and O–H groups in total. The Morgan fingerprint density at radius 2 is 2.00 bits per heavy atom. The first-order valence-electron chi connectivity index (χ1n) is 10.7. The van der Waals surface area contributed by atoms with Gasteiger partial charge in [0.2, 0.25) is 0 Å². The van der Waals surface area contributed by atoms with Crippen LogP contribution < -0.4 is 10.3 Å². The fourth-order valence-corrected chi connectivity index (χ4v) is 5.07. The number of ether oxygens (including phenoxy) is 2. The molecule has 32 heavy (non-hydrogen) atoms. The Morgan fingerprint density at radius 3 is 2.69 bits per heavy atom. The molecule has 1 aromatic heterocycles. The lowest BCUT2D eigenvalue weighted by Crippen LogP contribution is -2.39. The normalized spacial score (nSPS) is 20.2. The monoisotopic (exact) mass is 478 g/mol. The second-order valence-electron chi connectivity index (χ2n) is 8.59. The minimum atomic E-state index is -0.219. The highest BCUT2D eigenvalue weighted by Gasteiger charge is 2.34. The number of fused-ring (bicyclic) bond motifs is 1. The molecule has 0 unspecified atom stereocenters. The molecule has 0 bridgehead atoms. The molecule has 0 spiro atoms. The number of pyridine rings is 1. The van der Waals surface area contributed by atoms with E-state index in [9.17, 15) is 9.59 Å². The molecule has 2 aromatic rings. The fraction of sp³-hybridized carbons (Fsp3) is 0.500. The predicted octanol–water partition coefficient (Wildman–Crippen LogP) is 4.87. The third-order valence-electron chi connectivity index (χ3n) is 6.27. The van der Waals surface area contributed by atoms with Crippen molar-refractivity contribution in [3.05, 3.63) is 60.5 Å². The van der Waals surface area contributed by atoms with Crippen molar-refractivity contribution in [1.29, 1.82) is 0 Å². The van der Waals surface area contributed by atoms with Crippen molar-refractivity contribution < 1.29 is 14.3 Å². The number of aromatic amines is 1. The second kappa shape index (κ2) is 9.08. The molecule has 3 aliphatic rings. The van der Waals surface area contributed by atoms with Crippen molar-refractivity contribution in [2.24, 2.45) is 0 Å². The molecule has 1 saturated carbocycles. The molecule has 1 aliphatic carbocycles. The first-order chi connectivity index (χ1) is 14.9. The van der Waals surface area contributed by atoms with Crippen LogP contribution in [0.5, 0.6) is 5.75 Å². The van der Waals surface area contributed by atoms with E-state index in [0.717, 1.165) is 36.1 Å². The van der Waals surface area contributed by atoms with E-state index < -0.39 is 0 Å². The van der Waals surface area contributed by atoms with Gasteiger partial charge in [-0.15, -0.1) is 0 Å². The van der Waals surface area contributed by atoms with E-state index in [-0.39, 0.29) is 36.6 Å². The molecule has 1 amide bonds. The zero-order valence-corrected chi connectivity index (χ0v) is 18.8.